The lowest BCUT2D eigenvalue weighted by Gasteiger charge is -2.22. The van der Waals surface area contributed by atoms with Crippen molar-refractivity contribution in [2.75, 3.05) is 0 Å². The summed E-state index contributed by atoms with van der Waals surface area (Å²) in [5.74, 6) is -0.303. The zero-order chi connectivity index (χ0) is 14.4. The van der Waals surface area contributed by atoms with Crippen LogP contribution in [-0.4, -0.2) is 17.4 Å². The Morgan fingerprint density at radius 1 is 1.05 bits per heavy atom. The Bertz CT molecular complexity index is 567. The zero-order valence-corrected chi connectivity index (χ0v) is 12.1. The van der Waals surface area contributed by atoms with Gasteiger partial charge in [-0.05, 0) is 50.0 Å². The van der Waals surface area contributed by atoms with Gasteiger partial charge in [-0.3, -0.25) is 9.59 Å². The summed E-state index contributed by atoms with van der Waals surface area (Å²) >= 11 is 0. The first kappa shape index (κ1) is 13.1. The molecule has 1 heterocycles. The molecule has 1 saturated heterocycles. The minimum atomic E-state index is -0.774. The van der Waals surface area contributed by atoms with Crippen molar-refractivity contribution >= 4 is 11.8 Å². The normalized spacial score (nSPS) is 28.9. The lowest BCUT2D eigenvalue weighted by molar-refractivity contribution is -0.152. The molecule has 1 aromatic carbocycles. The van der Waals surface area contributed by atoms with Crippen LogP contribution in [0.15, 0.2) is 30.3 Å². The predicted octanol–water partition coefficient (Wildman–Crippen LogP) is 3.24. The van der Waals surface area contributed by atoms with Crippen molar-refractivity contribution < 1.29 is 14.3 Å². The fourth-order valence-corrected chi connectivity index (χ4v) is 4.17. The highest BCUT2D eigenvalue weighted by molar-refractivity contribution is 6.10. The monoisotopic (exact) mass is 284 g/mol. The summed E-state index contributed by atoms with van der Waals surface area (Å²) in [6.45, 7) is 0. The van der Waals surface area contributed by atoms with Gasteiger partial charge < -0.3 is 4.74 Å². The molecule has 2 aliphatic carbocycles. The Kier molecular flexibility index (Phi) is 2.91. The molecule has 3 heteroatoms. The molecule has 4 rings (SSSR count). The van der Waals surface area contributed by atoms with E-state index in [1.54, 1.807) is 0 Å². The Morgan fingerprint density at radius 2 is 1.71 bits per heavy atom. The average Bonchev–Trinajstić information content (AvgIpc) is 3.17. The van der Waals surface area contributed by atoms with E-state index < -0.39 is 11.5 Å². The van der Waals surface area contributed by atoms with Crippen LogP contribution in [0.4, 0.5) is 0 Å². The summed E-state index contributed by atoms with van der Waals surface area (Å²) in [5.41, 5.74) is 0.342. The molecule has 0 N–H and O–H groups in total. The first-order chi connectivity index (χ1) is 10.2. The molecule has 0 amide bonds. The molecule has 21 heavy (non-hydrogen) atoms. The van der Waals surface area contributed by atoms with Gasteiger partial charge >= 0.3 is 5.97 Å². The van der Waals surface area contributed by atoms with Gasteiger partial charge in [0.25, 0.3) is 0 Å². The summed E-state index contributed by atoms with van der Waals surface area (Å²) in [7, 11) is 0. The fourth-order valence-electron chi connectivity index (χ4n) is 4.17. The highest BCUT2D eigenvalue weighted by Crippen LogP contribution is 2.52. The summed E-state index contributed by atoms with van der Waals surface area (Å²) < 4.78 is 5.63. The maximum absolute atomic E-state index is 12.9. The van der Waals surface area contributed by atoms with Crippen molar-refractivity contribution in [2.45, 2.75) is 50.0 Å². The van der Waals surface area contributed by atoms with Crippen LogP contribution >= 0.6 is 0 Å². The number of ether oxygens (including phenoxy) is 1. The van der Waals surface area contributed by atoms with Crippen molar-refractivity contribution in [1.82, 2.24) is 0 Å². The molecule has 3 fully saturated rings. The molecule has 0 bridgehead atoms. The second-order valence-electron chi connectivity index (χ2n) is 6.74. The number of Topliss-reactive ketones (excluding diaryl/α,β-unsaturated/α-hetero) is 1. The van der Waals surface area contributed by atoms with E-state index in [1.165, 1.54) is 0 Å². The molecule has 3 aliphatic rings. The van der Waals surface area contributed by atoms with Crippen molar-refractivity contribution in [3.63, 3.8) is 0 Å². The van der Waals surface area contributed by atoms with Gasteiger partial charge in [-0.25, -0.2) is 0 Å². The van der Waals surface area contributed by atoms with Crippen LogP contribution in [-0.2, 0) is 14.3 Å². The van der Waals surface area contributed by atoms with E-state index in [1.807, 2.05) is 30.3 Å². The Balaban J connectivity index is 1.70. The fraction of sp³-hybridized carbons (Fsp3) is 0.556. The van der Waals surface area contributed by atoms with Crippen molar-refractivity contribution in [1.29, 1.82) is 0 Å². The third-order valence-electron chi connectivity index (χ3n) is 5.37. The number of rotatable bonds is 3. The van der Waals surface area contributed by atoms with E-state index in [0.717, 1.165) is 44.1 Å². The van der Waals surface area contributed by atoms with Gasteiger partial charge in [-0.1, -0.05) is 30.3 Å². The predicted molar refractivity (Wildman–Crippen MR) is 77.7 cm³/mol. The minimum absolute atomic E-state index is 0.0196. The first-order valence-electron chi connectivity index (χ1n) is 8.03. The van der Waals surface area contributed by atoms with Gasteiger partial charge in [-0.2, -0.15) is 0 Å². The van der Waals surface area contributed by atoms with Crippen LogP contribution in [0.5, 0.6) is 0 Å². The molecule has 1 aliphatic heterocycles. The van der Waals surface area contributed by atoms with E-state index in [9.17, 15) is 9.59 Å². The molecule has 1 aromatic rings. The molecule has 110 valence electrons. The number of hydrogen-bond donors (Lipinski definition) is 0. The van der Waals surface area contributed by atoms with Crippen molar-refractivity contribution in [3.05, 3.63) is 35.9 Å². The first-order valence-corrected chi connectivity index (χ1v) is 8.03. The Morgan fingerprint density at radius 3 is 2.33 bits per heavy atom. The van der Waals surface area contributed by atoms with E-state index >= 15 is 0 Å². The summed E-state index contributed by atoms with van der Waals surface area (Å²) in [4.78, 5) is 25.4. The van der Waals surface area contributed by atoms with Gasteiger partial charge in [0.15, 0.2) is 11.4 Å². The third-order valence-corrected chi connectivity index (χ3v) is 5.37. The van der Waals surface area contributed by atoms with Crippen molar-refractivity contribution in [3.8, 4) is 0 Å². The molecule has 2 saturated carbocycles. The lowest BCUT2D eigenvalue weighted by Crippen LogP contribution is -2.36. The zero-order valence-electron chi connectivity index (χ0n) is 12.1. The van der Waals surface area contributed by atoms with Crippen molar-refractivity contribution in [2.24, 2.45) is 11.8 Å². The number of hydrogen-bond acceptors (Lipinski definition) is 3. The van der Waals surface area contributed by atoms with Crippen LogP contribution in [0.1, 0.15) is 50.0 Å². The molecule has 2 atom stereocenters. The average molecular weight is 284 g/mol. The van der Waals surface area contributed by atoms with Crippen LogP contribution in [0.2, 0.25) is 0 Å². The maximum atomic E-state index is 12.9. The SMILES string of the molecule is O=C1OC2(CCCC2)C(=O)C1C(c1ccccc1)C1CC1. The van der Waals surface area contributed by atoms with Gasteiger partial charge in [0.2, 0.25) is 0 Å². The Hall–Kier alpha value is -1.64. The standard InChI is InChI=1S/C18H20O3/c19-16-15(17(20)21-18(16)10-4-5-11-18)14(13-8-9-13)12-6-2-1-3-7-12/h1-3,6-7,13-15H,4-5,8-11H2. The maximum Gasteiger partial charge on any atom is 0.318 e. The molecule has 0 aromatic heterocycles. The highest BCUT2D eigenvalue weighted by Gasteiger charge is 2.60. The molecule has 1 spiro atoms. The number of carbonyl (C=O) groups excluding carboxylic acids is 2. The second-order valence-corrected chi connectivity index (χ2v) is 6.74. The van der Waals surface area contributed by atoms with E-state index in [4.69, 9.17) is 4.74 Å². The number of carbonyl (C=O) groups is 2. The number of ketones is 1. The smallest absolute Gasteiger partial charge is 0.318 e. The van der Waals surface area contributed by atoms with Gasteiger partial charge in [-0.15, -0.1) is 0 Å². The number of benzene rings is 1. The van der Waals surface area contributed by atoms with E-state index in [-0.39, 0.29) is 17.7 Å². The minimum Gasteiger partial charge on any atom is -0.450 e. The molecule has 2 unspecified atom stereocenters. The Labute approximate surface area is 124 Å². The topological polar surface area (TPSA) is 43.4 Å². The summed E-state index contributed by atoms with van der Waals surface area (Å²) in [6.07, 6.45) is 5.66. The van der Waals surface area contributed by atoms with E-state index in [0.29, 0.717) is 5.92 Å². The molecular weight excluding hydrogens is 264 g/mol. The molecular formula is C18H20O3. The van der Waals surface area contributed by atoms with E-state index in [2.05, 4.69) is 0 Å². The van der Waals surface area contributed by atoms with Gasteiger partial charge in [0.05, 0.1) is 0 Å². The summed E-state index contributed by atoms with van der Waals surface area (Å²) in [6, 6.07) is 10.0. The van der Waals surface area contributed by atoms with Gasteiger partial charge in [0.1, 0.15) is 5.92 Å². The van der Waals surface area contributed by atoms with Crippen LogP contribution < -0.4 is 0 Å². The highest BCUT2D eigenvalue weighted by atomic mass is 16.6. The number of esters is 1. The van der Waals surface area contributed by atoms with Gasteiger partial charge in [0, 0.05) is 5.92 Å². The van der Waals surface area contributed by atoms with Crippen LogP contribution in [0.25, 0.3) is 0 Å². The second kappa shape index (κ2) is 4.69. The largest absolute Gasteiger partial charge is 0.450 e. The molecule has 0 radical (unpaired) electrons. The third kappa shape index (κ3) is 2.02. The van der Waals surface area contributed by atoms with Crippen LogP contribution in [0, 0.1) is 11.8 Å². The van der Waals surface area contributed by atoms with Crippen LogP contribution in [0.3, 0.4) is 0 Å². The quantitative estimate of drug-likeness (QED) is 0.632. The summed E-state index contributed by atoms with van der Waals surface area (Å²) in [5, 5.41) is 0. The molecule has 3 nitrogen and oxygen atoms in total. The lowest BCUT2D eigenvalue weighted by atomic mass is 9.77.